The maximum atomic E-state index is 12.9. The van der Waals surface area contributed by atoms with Crippen LogP contribution in [-0.2, 0) is 25.7 Å². The fourth-order valence-corrected chi connectivity index (χ4v) is 2.45. The third-order valence-electron chi connectivity index (χ3n) is 3.58. The second kappa shape index (κ2) is 7.15. The number of hydrogen-bond donors (Lipinski definition) is 0. The molecule has 1 saturated heterocycles. The van der Waals surface area contributed by atoms with E-state index < -0.39 is 11.9 Å². The standard InChI is InChI=1S/C16H18FNO4/c1-2-22-16(21)8-14(19)12-7-15(20)18(10-12)9-11-3-5-13(17)6-4-11/h3-6,12H,2,7-10H2,1H3. The molecule has 1 aromatic carbocycles. The number of benzene rings is 1. The Morgan fingerprint density at radius 2 is 2.00 bits per heavy atom. The van der Waals surface area contributed by atoms with Crippen molar-refractivity contribution in [1.29, 1.82) is 0 Å². The number of ketones is 1. The van der Waals surface area contributed by atoms with Gasteiger partial charge in [-0.1, -0.05) is 12.1 Å². The SMILES string of the molecule is CCOC(=O)CC(=O)C1CC(=O)N(Cc2ccc(F)cc2)C1. The van der Waals surface area contributed by atoms with Crippen molar-refractivity contribution >= 4 is 17.7 Å². The van der Waals surface area contributed by atoms with E-state index in [-0.39, 0.29) is 43.5 Å². The van der Waals surface area contributed by atoms with Gasteiger partial charge in [-0.3, -0.25) is 14.4 Å². The highest BCUT2D eigenvalue weighted by Crippen LogP contribution is 2.22. The number of halogens is 1. The average molecular weight is 307 g/mol. The highest BCUT2D eigenvalue weighted by atomic mass is 19.1. The molecule has 0 saturated carbocycles. The van der Waals surface area contributed by atoms with Crippen LogP contribution in [0.2, 0.25) is 0 Å². The van der Waals surface area contributed by atoms with Crippen molar-refractivity contribution in [1.82, 2.24) is 4.90 Å². The fourth-order valence-electron chi connectivity index (χ4n) is 2.45. The number of hydrogen-bond acceptors (Lipinski definition) is 4. The quantitative estimate of drug-likeness (QED) is 0.593. The minimum absolute atomic E-state index is 0.111. The Hall–Kier alpha value is -2.24. The summed E-state index contributed by atoms with van der Waals surface area (Å²) in [6.07, 6.45) is -0.185. The van der Waals surface area contributed by atoms with Gasteiger partial charge in [0, 0.05) is 25.4 Å². The summed E-state index contributed by atoms with van der Waals surface area (Å²) in [5.41, 5.74) is 0.799. The molecule has 1 amide bonds. The molecular weight excluding hydrogens is 289 g/mol. The van der Waals surface area contributed by atoms with Crippen LogP contribution in [0.1, 0.15) is 25.3 Å². The first-order chi connectivity index (χ1) is 10.5. The Balaban J connectivity index is 1.91. The molecule has 1 unspecified atom stereocenters. The summed E-state index contributed by atoms with van der Waals surface area (Å²) in [7, 11) is 0. The predicted octanol–water partition coefficient (Wildman–Crippen LogP) is 1.70. The van der Waals surface area contributed by atoms with E-state index in [4.69, 9.17) is 4.74 Å². The first kappa shape index (κ1) is 16.1. The molecule has 0 spiro atoms. The van der Waals surface area contributed by atoms with Gasteiger partial charge in [0.05, 0.1) is 6.61 Å². The molecule has 1 aliphatic rings. The van der Waals surface area contributed by atoms with Crippen LogP contribution >= 0.6 is 0 Å². The lowest BCUT2D eigenvalue weighted by Gasteiger charge is -2.16. The largest absolute Gasteiger partial charge is 0.466 e. The number of carbonyl (C=O) groups excluding carboxylic acids is 3. The Labute approximate surface area is 128 Å². The van der Waals surface area contributed by atoms with Gasteiger partial charge in [0.2, 0.25) is 5.91 Å². The fraction of sp³-hybridized carbons (Fsp3) is 0.438. The molecule has 1 aromatic rings. The Morgan fingerprint density at radius 3 is 2.64 bits per heavy atom. The van der Waals surface area contributed by atoms with Gasteiger partial charge in [-0.25, -0.2) is 4.39 Å². The normalized spacial score (nSPS) is 17.6. The summed E-state index contributed by atoms with van der Waals surface area (Å²) in [5, 5.41) is 0. The van der Waals surface area contributed by atoms with Crippen molar-refractivity contribution in [2.24, 2.45) is 5.92 Å². The van der Waals surface area contributed by atoms with Gasteiger partial charge in [0.15, 0.2) is 0 Å². The summed E-state index contributed by atoms with van der Waals surface area (Å²) in [4.78, 5) is 36.8. The minimum Gasteiger partial charge on any atom is -0.466 e. The maximum Gasteiger partial charge on any atom is 0.313 e. The zero-order valence-corrected chi connectivity index (χ0v) is 12.4. The molecule has 2 rings (SSSR count). The Kier molecular flexibility index (Phi) is 5.25. The Bertz CT molecular complexity index is 570. The zero-order valence-electron chi connectivity index (χ0n) is 12.4. The molecule has 5 nitrogen and oxygen atoms in total. The van der Waals surface area contributed by atoms with Crippen molar-refractivity contribution in [2.75, 3.05) is 13.2 Å². The molecule has 0 N–H and O–H groups in total. The third-order valence-corrected chi connectivity index (χ3v) is 3.58. The average Bonchev–Trinajstić information content (AvgIpc) is 2.83. The van der Waals surface area contributed by atoms with Crippen LogP contribution in [0.15, 0.2) is 24.3 Å². The predicted molar refractivity (Wildman–Crippen MR) is 76.2 cm³/mol. The summed E-state index contributed by atoms with van der Waals surface area (Å²) < 4.78 is 17.6. The molecule has 0 aliphatic carbocycles. The zero-order chi connectivity index (χ0) is 16.1. The first-order valence-corrected chi connectivity index (χ1v) is 7.20. The lowest BCUT2D eigenvalue weighted by molar-refractivity contribution is -0.146. The number of carbonyl (C=O) groups is 3. The number of esters is 1. The van der Waals surface area contributed by atoms with E-state index in [1.165, 1.54) is 12.1 Å². The number of Topliss-reactive ketones (excluding diaryl/α,β-unsaturated/α-hetero) is 1. The minimum atomic E-state index is -0.558. The number of ether oxygens (including phenoxy) is 1. The summed E-state index contributed by atoms with van der Waals surface area (Å²) in [6, 6.07) is 5.88. The monoisotopic (exact) mass is 307 g/mol. The van der Waals surface area contributed by atoms with E-state index in [2.05, 4.69) is 0 Å². The Morgan fingerprint density at radius 1 is 1.32 bits per heavy atom. The smallest absolute Gasteiger partial charge is 0.313 e. The molecule has 1 heterocycles. The van der Waals surface area contributed by atoms with Gasteiger partial charge < -0.3 is 9.64 Å². The van der Waals surface area contributed by atoms with Crippen molar-refractivity contribution in [3.8, 4) is 0 Å². The van der Waals surface area contributed by atoms with E-state index >= 15 is 0 Å². The van der Waals surface area contributed by atoms with E-state index in [9.17, 15) is 18.8 Å². The van der Waals surface area contributed by atoms with Crippen LogP contribution in [0.3, 0.4) is 0 Å². The lowest BCUT2D eigenvalue weighted by Crippen LogP contribution is -2.26. The highest BCUT2D eigenvalue weighted by molar-refractivity contribution is 5.99. The molecule has 0 aromatic heterocycles. The van der Waals surface area contributed by atoms with E-state index in [1.807, 2.05) is 0 Å². The van der Waals surface area contributed by atoms with Crippen LogP contribution in [0.25, 0.3) is 0 Å². The summed E-state index contributed by atoms with van der Waals surface area (Å²) >= 11 is 0. The third kappa shape index (κ3) is 4.13. The molecule has 22 heavy (non-hydrogen) atoms. The van der Waals surface area contributed by atoms with Gasteiger partial charge in [0.1, 0.15) is 18.0 Å². The summed E-state index contributed by atoms with van der Waals surface area (Å²) in [6.45, 7) is 2.52. The second-order valence-corrected chi connectivity index (χ2v) is 5.25. The van der Waals surface area contributed by atoms with E-state index in [0.29, 0.717) is 6.54 Å². The molecule has 1 atom stereocenters. The molecule has 1 aliphatic heterocycles. The van der Waals surface area contributed by atoms with Gasteiger partial charge in [-0.2, -0.15) is 0 Å². The maximum absolute atomic E-state index is 12.9. The molecule has 1 fully saturated rings. The first-order valence-electron chi connectivity index (χ1n) is 7.20. The van der Waals surface area contributed by atoms with E-state index in [0.717, 1.165) is 5.56 Å². The van der Waals surface area contributed by atoms with Gasteiger partial charge in [0.25, 0.3) is 0 Å². The van der Waals surface area contributed by atoms with Crippen LogP contribution in [0.4, 0.5) is 4.39 Å². The molecule has 118 valence electrons. The van der Waals surface area contributed by atoms with E-state index in [1.54, 1.807) is 24.0 Å². The number of amides is 1. The van der Waals surface area contributed by atoms with Gasteiger partial charge in [-0.15, -0.1) is 0 Å². The molecular formula is C16H18FNO4. The van der Waals surface area contributed by atoms with Crippen molar-refractivity contribution < 1.29 is 23.5 Å². The molecule has 0 bridgehead atoms. The van der Waals surface area contributed by atoms with Crippen LogP contribution in [0, 0.1) is 11.7 Å². The van der Waals surface area contributed by atoms with Crippen LogP contribution < -0.4 is 0 Å². The van der Waals surface area contributed by atoms with Gasteiger partial charge in [-0.05, 0) is 24.6 Å². The van der Waals surface area contributed by atoms with Gasteiger partial charge >= 0.3 is 5.97 Å². The van der Waals surface area contributed by atoms with Crippen LogP contribution in [0.5, 0.6) is 0 Å². The summed E-state index contributed by atoms with van der Waals surface area (Å²) in [5.74, 6) is -1.77. The number of likely N-dealkylation sites (tertiary alicyclic amines) is 1. The lowest BCUT2D eigenvalue weighted by atomic mass is 10.0. The number of nitrogens with zero attached hydrogens (tertiary/aromatic N) is 1. The second-order valence-electron chi connectivity index (χ2n) is 5.25. The van der Waals surface area contributed by atoms with Crippen LogP contribution in [-0.4, -0.2) is 35.7 Å². The molecule has 6 heteroatoms. The van der Waals surface area contributed by atoms with Crippen molar-refractivity contribution in [3.05, 3.63) is 35.6 Å². The van der Waals surface area contributed by atoms with Crippen molar-refractivity contribution in [3.63, 3.8) is 0 Å². The highest BCUT2D eigenvalue weighted by Gasteiger charge is 2.34. The topological polar surface area (TPSA) is 63.7 Å². The molecule has 0 radical (unpaired) electrons. The van der Waals surface area contributed by atoms with Crippen molar-refractivity contribution in [2.45, 2.75) is 26.3 Å². The number of rotatable bonds is 6.